The van der Waals surface area contributed by atoms with Crippen molar-refractivity contribution >= 4 is 5.91 Å². The van der Waals surface area contributed by atoms with Crippen LogP contribution < -0.4 is 14.8 Å². The van der Waals surface area contributed by atoms with E-state index in [0.29, 0.717) is 18.0 Å². The van der Waals surface area contributed by atoms with Gasteiger partial charge in [0.1, 0.15) is 11.3 Å². The predicted molar refractivity (Wildman–Crippen MR) is 104 cm³/mol. The molecule has 6 heteroatoms. The van der Waals surface area contributed by atoms with Gasteiger partial charge in [0.15, 0.2) is 0 Å². The highest BCUT2D eigenvalue weighted by Gasteiger charge is 2.24. The fourth-order valence-corrected chi connectivity index (χ4v) is 3.52. The largest absolute Gasteiger partial charge is 0.497 e. The third-order valence-corrected chi connectivity index (χ3v) is 5.00. The average molecular weight is 369 g/mol. The molecule has 0 radical (unpaired) electrons. The second-order valence-electron chi connectivity index (χ2n) is 6.66. The van der Waals surface area contributed by atoms with Gasteiger partial charge in [-0.25, -0.2) is 4.98 Å². The lowest BCUT2D eigenvalue weighted by atomic mass is 10.0. The van der Waals surface area contributed by atoms with Gasteiger partial charge in [-0.15, -0.1) is 0 Å². The van der Waals surface area contributed by atoms with E-state index in [4.69, 9.17) is 9.47 Å². The molecule has 1 aliphatic heterocycles. The van der Waals surface area contributed by atoms with Crippen LogP contribution in [-0.4, -0.2) is 49.6 Å². The maximum atomic E-state index is 12.7. The van der Waals surface area contributed by atoms with E-state index >= 15 is 0 Å². The topological polar surface area (TPSA) is 63.7 Å². The van der Waals surface area contributed by atoms with Crippen LogP contribution in [0.4, 0.5) is 0 Å². The molecule has 1 aromatic carbocycles. The van der Waals surface area contributed by atoms with Gasteiger partial charge in [0.05, 0.1) is 20.3 Å². The summed E-state index contributed by atoms with van der Waals surface area (Å²) in [4.78, 5) is 19.2. The van der Waals surface area contributed by atoms with Gasteiger partial charge in [0, 0.05) is 12.7 Å². The summed E-state index contributed by atoms with van der Waals surface area (Å²) in [5.41, 5.74) is 1.63. The number of carbonyl (C=O) groups excluding carboxylic acids is 1. The number of piperidine rings is 1. The molecule has 0 aliphatic carbocycles. The van der Waals surface area contributed by atoms with Gasteiger partial charge in [-0.2, -0.15) is 0 Å². The summed E-state index contributed by atoms with van der Waals surface area (Å²) in [7, 11) is 3.19. The van der Waals surface area contributed by atoms with Crippen molar-refractivity contribution in [2.24, 2.45) is 0 Å². The van der Waals surface area contributed by atoms with Crippen molar-refractivity contribution in [3.8, 4) is 11.6 Å². The van der Waals surface area contributed by atoms with Crippen molar-refractivity contribution < 1.29 is 14.3 Å². The van der Waals surface area contributed by atoms with Crippen LogP contribution in [0.1, 0.15) is 41.2 Å². The third kappa shape index (κ3) is 4.77. The Hall–Kier alpha value is -2.60. The first-order valence-corrected chi connectivity index (χ1v) is 9.38. The molecule has 1 fully saturated rings. The molecule has 1 atom stereocenters. The normalized spacial score (nSPS) is 15.8. The minimum absolute atomic E-state index is 0.128. The highest BCUT2D eigenvalue weighted by molar-refractivity contribution is 5.96. The van der Waals surface area contributed by atoms with Crippen molar-refractivity contribution in [2.75, 3.05) is 33.9 Å². The highest BCUT2D eigenvalue weighted by atomic mass is 16.5. The summed E-state index contributed by atoms with van der Waals surface area (Å²) in [6.45, 7) is 2.62. The van der Waals surface area contributed by atoms with Crippen LogP contribution in [0.5, 0.6) is 11.6 Å². The molecule has 6 nitrogen and oxygen atoms in total. The van der Waals surface area contributed by atoms with Gasteiger partial charge in [0.25, 0.3) is 5.91 Å². The van der Waals surface area contributed by atoms with Crippen LogP contribution in [-0.2, 0) is 0 Å². The minimum Gasteiger partial charge on any atom is -0.497 e. The summed E-state index contributed by atoms with van der Waals surface area (Å²) in [5, 5.41) is 3.07. The third-order valence-electron chi connectivity index (χ3n) is 5.00. The predicted octanol–water partition coefficient (Wildman–Crippen LogP) is 3.06. The molecular weight excluding hydrogens is 342 g/mol. The Labute approximate surface area is 160 Å². The summed E-state index contributed by atoms with van der Waals surface area (Å²) in [5.74, 6) is 1.00. The minimum atomic E-state index is -0.171. The molecule has 3 rings (SSSR count). The van der Waals surface area contributed by atoms with Crippen molar-refractivity contribution in [2.45, 2.75) is 25.3 Å². The van der Waals surface area contributed by atoms with Crippen LogP contribution in [0.3, 0.4) is 0 Å². The molecule has 1 aromatic heterocycles. The fourth-order valence-electron chi connectivity index (χ4n) is 3.52. The molecule has 2 heterocycles. The Bertz CT molecular complexity index is 743. The van der Waals surface area contributed by atoms with Crippen LogP contribution in [0.2, 0.25) is 0 Å². The van der Waals surface area contributed by atoms with Gasteiger partial charge in [0.2, 0.25) is 5.88 Å². The maximum Gasteiger partial charge on any atom is 0.256 e. The second kappa shape index (κ2) is 9.37. The molecule has 1 aliphatic rings. The van der Waals surface area contributed by atoms with Crippen LogP contribution in [0.15, 0.2) is 42.6 Å². The molecule has 1 unspecified atom stereocenters. The molecule has 1 amide bonds. The molecule has 0 saturated carbocycles. The Morgan fingerprint density at radius 3 is 2.52 bits per heavy atom. The van der Waals surface area contributed by atoms with E-state index in [2.05, 4.69) is 27.3 Å². The van der Waals surface area contributed by atoms with Gasteiger partial charge in [-0.3, -0.25) is 9.69 Å². The van der Waals surface area contributed by atoms with Gasteiger partial charge in [-0.05, 0) is 55.8 Å². The van der Waals surface area contributed by atoms with E-state index < -0.39 is 0 Å². The lowest BCUT2D eigenvalue weighted by Crippen LogP contribution is -2.40. The van der Waals surface area contributed by atoms with E-state index in [1.165, 1.54) is 31.9 Å². The number of benzene rings is 1. The molecule has 27 heavy (non-hydrogen) atoms. The molecule has 1 saturated heterocycles. The maximum absolute atomic E-state index is 12.7. The van der Waals surface area contributed by atoms with E-state index in [9.17, 15) is 4.79 Å². The lowest BCUT2D eigenvalue weighted by molar-refractivity contribution is 0.0920. The van der Waals surface area contributed by atoms with Crippen molar-refractivity contribution in [1.29, 1.82) is 0 Å². The van der Waals surface area contributed by atoms with Crippen molar-refractivity contribution in [3.63, 3.8) is 0 Å². The van der Waals surface area contributed by atoms with Crippen LogP contribution in [0.25, 0.3) is 0 Å². The fraction of sp³-hybridized carbons (Fsp3) is 0.429. The van der Waals surface area contributed by atoms with Crippen molar-refractivity contribution in [3.05, 3.63) is 53.7 Å². The Balaban J connectivity index is 1.75. The smallest absolute Gasteiger partial charge is 0.256 e. The standard InChI is InChI=1S/C21H27N3O3/c1-26-17-10-8-16(9-11-17)19(24-13-4-3-5-14-24)15-23-20(25)18-7-6-12-22-21(18)27-2/h6-12,19H,3-5,13-15H2,1-2H3,(H,23,25). The number of methoxy groups -OCH3 is 2. The summed E-state index contributed by atoms with van der Waals surface area (Å²) in [6.07, 6.45) is 5.27. The first kappa shape index (κ1) is 19.2. The number of pyridine rings is 1. The number of nitrogens with one attached hydrogen (secondary N) is 1. The lowest BCUT2D eigenvalue weighted by Gasteiger charge is -2.35. The number of aromatic nitrogens is 1. The quantitative estimate of drug-likeness (QED) is 0.813. The Morgan fingerprint density at radius 2 is 1.85 bits per heavy atom. The molecule has 1 N–H and O–H groups in total. The Morgan fingerprint density at radius 1 is 1.11 bits per heavy atom. The zero-order valence-electron chi connectivity index (χ0n) is 16.0. The van der Waals surface area contributed by atoms with E-state index in [-0.39, 0.29) is 11.9 Å². The number of carbonyl (C=O) groups is 1. The van der Waals surface area contributed by atoms with Crippen LogP contribution >= 0.6 is 0 Å². The molecule has 144 valence electrons. The summed E-state index contributed by atoms with van der Waals surface area (Å²) < 4.78 is 10.5. The molecular formula is C21H27N3O3. The van der Waals surface area contributed by atoms with E-state index in [1.807, 2.05) is 12.1 Å². The first-order chi connectivity index (χ1) is 13.2. The monoisotopic (exact) mass is 369 g/mol. The summed E-state index contributed by atoms with van der Waals surface area (Å²) >= 11 is 0. The SMILES string of the molecule is COc1ccc(C(CNC(=O)c2cccnc2OC)N2CCCCC2)cc1. The number of ether oxygens (including phenoxy) is 2. The number of rotatable bonds is 7. The molecule has 2 aromatic rings. The van der Waals surface area contributed by atoms with E-state index in [0.717, 1.165) is 18.8 Å². The average Bonchev–Trinajstić information content (AvgIpc) is 2.75. The van der Waals surface area contributed by atoms with E-state index in [1.54, 1.807) is 25.4 Å². The molecule has 0 spiro atoms. The van der Waals surface area contributed by atoms with Gasteiger partial charge >= 0.3 is 0 Å². The first-order valence-electron chi connectivity index (χ1n) is 9.38. The second-order valence-corrected chi connectivity index (χ2v) is 6.66. The van der Waals surface area contributed by atoms with Crippen LogP contribution in [0, 0.1) is 0 Å². The number of nitrogens with zero attached hydrogens (tertiary/aromatic N) is 2. The van der Waals surface area contributed by atoms with Crippen molar-refractivity contribution in [1.82, 2.24) is 15.2 Å². The van der Waals surface area contributed by atoms with Gasteiger partial charge in [-0.1, -0.05) is 18.6 Å². The highest BCUT2D eigenvalue weighted by Crippen LogP contribution is 2.26. The number of hydrogen-bond acceptors (Lipinski definition) is 5. The zero-order valence-corrected chi connectivity index (χ0v) is 16.0. The number of hydrogen-bond donors (Lipinski definition) is 1. The molecule has 0 bridgehead atoms. The number of amides is 1. The number of likely N-dealkylation sites (tertiary alicyclic amines) is 1. The zero-order chi connectivity index (χ0) is 19.1. The van der Waals surface area contributed by atoms with Gasteiger partial charge < -0.3 is 14.8 Å². The summed E-state index contributed by atoms with van der Waals surface area (Å²) in [6, 6.07) is 11.7. The Kier molecular flexibility index (Phi) is 6.65.